The Labute approximate surface area is 214 Å². The third kappa shape index (κ3) is 7.55. The molecular formula is C25H29ClN4O4S. The van der Waals surface area contributed by atoms with E-state index in [1.165, 1.54) is 5.01 Å². The van der Waals surface area contributed by atoms with E-state index in [0.717, 1.165) is 17.3 Å². The average Bonchev–Trinajstić information content (AvgIpc) is 2.75. The molecule has 3 rings (SSSR count). The highest BCUT2D eigenvalue weighted by Crippen LogP contribution is 2.30. The Kier molecular flexibility index (Phi) is 8.58. The number of nitrogens with zero attached hydrogens (tertiary/aromatic N) is 3. The van der Waals surface area contributed by atoms with Crippen LogP contribution in [0.4, 0.5) is 10.5 Å². The van der Waals surface area contributed by atoms with Crippen LogP contribution in [-0.2, 0) is 16.1 Å². The van der Waals surface area contributed by atoms with E-state index in [9.17, 15) is 14.4 Å². The molecule has 8 nitrogen and oxygen atoms in total. The van der Waals surface area contributed by atoms with Crippen molar-refractivity contribution in [2.75, 3.05) is 31.7 Å². The number of hydrogen-bond donors (Lipinski definition) is 1. The molecule has 0 unspecified atom stereocenters. The number of amides is 2. The first-order valence-corrected chi connectivity index (χ1v) is 12.4. The molecule has 186 valence electrons. The first kappa shape index (κ1) is 26.7. The molecule has 2 amide bonds. The topological polar surface area (TPSA) is 91.3 Å². The van der Waals surface area contributed by atoms with Crippen molar-refractivity contribution in [1.29, 1.82) is 0 Å². The summed E-state index contributed by atoms with van der Waals surface area (Å²) in [4.78, 5) is 39.0. The maximum Gasteiger partial charge on any atom is 0.316 e. The first-order chi connectivity index (χ1) is 16.4. The molecule has 0 bridgehead atoms. The highest BCUT2D eigenvalue weighted by Gasteiger charge is 2.28. The maximum atomic E-state index is 12.6. The Morgan fingerprint density at radius 1 is 1.20 bits per heavy atom. The molecule has 0 saturated heterocycles. The second kappa shape index (κ2) is 11.2. The van der Waals surface area contributed by atoms with Crippen LogP contribution in [-0.4, -0.2) is 59.1 Å². The number of anilines is 1. The predicted molar refractivity (Wildman–Crippen MR) is 140 cm³/mol. The largest absolute Gasteiger partial charge is 0.425 e. The molecule has 10 heteroatoms. The van der Waals surface area contributed by atoms with Crippen LogP contribution in [0.15, 0.2) is 47.6 Å². The van der Waals surface area contributed by atoms with E-state index in [0.29, 0.717) is 33.5 Å². The summed E-state index contributed by atoms with van der Waals surface area (Å²) >= 11 is 7.33. The Hall–Kier alpha value is -2.88. The fraction of sp³-hybridized carbons (Fsp3) is 0.360. The van der Waals surface area contributed by atoms with Crippen molar-refractivity contribution in [3.05, 3.63) is 58.6 Å². The van der Waals surface area contributed by atoms with E-state index in [4.69, 9.17) is 16.3 Å². The van der Waals surface area contributed by atoms with Crippen LogP contribution < -0.4 is 10.1 Å². The molecule has 0 aromatic heterocycles. The van der Waals surface area contributed by atoms with Crippen LogP contribution in [0.1, 0.15) is 31.9 Å². The summed E-state index contributed by atoms with van der Waals surface area (Å²) < 4.78 is 5.64. The molecule has 1 aliphatic rings. The number of ether oxygens (including phenoxy) is 1. The van der Waals surface area contributed by atoms with Crippen LogP contribution in [0, 0.1) is 5.41 Å². The lowest BCUT2D eigenvalue weighted by molar-refractivity contribution is -0.143. The van der Waals surface area contributed by atoms with Gasteiger partial charge < -0.3 is 15.0 Å². The van der Waals surface area contributed by atoms with Gasteiger partial charge in [0, 0.05) is 22.0 Å². The number of carbonyl (C=O) groups is 3. The van der Waals surface area contributed by atoms with E-state index in [1.54, 1.807) is 49.9 Å². The minimum atomic E-state index is -0.686. The smallest absolute Gasteiger partial charge is 0.316 e. The minimum absolute atomic E-state index is 0.129. The van der Waals surface area contributed by atoms with Crippen LogP contribution in [0.25, 0.3) is 0 Å². The van der Waals surface area contributed by atoms with E-state index in [-0.39, 0.29) is 30.2 Å². The van der Waals surface area contributed by atoms with Gasteiger partial charge in [-0.25, -0.2) is 5.01 Å². The van der Waals surface area contributed by atoms with Crippen LogP contribution in [0.3, 0.4) is 0 Å². The number of esters is 1. The van der Waals surface area contributed by atoms with Gasteiger partial charge in [0.05, 0.1) is 24.2 Å². The molecule has 0 aliphatic carbocycles. The molecule has 0 atom stereocenters. The number of halogens is 1. The SMILES string of the molecule is CN(C)CC(=O)Nc1cccc(CN2N=C(c3cc(Cl)ccc3OC(=O)C(C)(C)C)CSC2=O)c1. The van der Waals surface area contributed by atoms with E-state index in [1.807, 2.05) is 32.3 Å². The number of hydrazone groups is 1. The van der Waals surface area contributed by atoms with Gasteiger partial charge in [-0.15, -0.1) is 0 Å². The van der Waals surface area contributed by atoms with Crippen molar-refractivity contribution in [3.63, 3.8) is 0 Å². The van der Waals surface area contributed by atoms with Gasteiger partial charge in [-0.3, -0.25) is 14.4 Å². The van der Waals surface area contributed by atoms with Crippen molar-refractivity contribution in [2.45, 2.75) is 27.3 Å². The van der Waals surface area contributed by atoms with E-state index in [2.05, 4.69) is 10.4 Å². The number of likely N-dealkylation sites (N-methyl/N-ethyl adjacent to an activating group) is 1. The van der Waals surface area contributed by atoms with Gasteiger partial charge in [0.25, 0.3) is 0 Å². The minimum Gasteiger partial charge on any atom is -0.425 e. The molecule has 0 fully saturated rings. The lowest BCUT2D eigenvalue weighted by Crippen LogP contribution is -2.30. The van der Waals surface area contributed by atoms with Gasteiger partial charge in [-0.2, -0.15) is 5.10 Å². The lowest BCUT2D eigenvalue weighted by atomic mass is 9.97. The normalized spacial score (nSPS) is 14.1. The summed E-state index contributed by atoms with van der Waals surface area (Å²) in [6.45, 7) is 5.80. The van der Waals surface area contributed by atoms with Crippen LogP contribution >= 0.6 is 23.4 Å². The molecular weight excluding hydrogens is 488 g/mol. The molecule has 35 heavy (non-hydrogen) atoms. The van der Waals surface area contributed by atoms with Crippen molar-refractivity contribution in [2.24, 2.45) is 10.5 Å². The van der Waals surface area contributed by atoms with Crippen LogP contribution in [0.2, 0.25) is 5.02 Å². The molecule has 1 N–H and O–H groups in total. The predicted octanol–water partition coefficient (Wildman–Crippen LogP) is 4.86. The number of benzene rings is 2. The van der Waals surface area contributed by atoms with E-state index >= 15 is 0 Å². The third-order valence-electron chi connectivity index (χ3n) is 4.85. The molecule has 1 aliphatic heterocycles. The van der Waals surface area contributed by atoms with Gasteiger partial charge in [0.1, 0.15) is 5.75 Å². The average molecular weight is 517 g/mol. The zero-order chi connectivity index (χ0) is 25.8. The number of carbonyl (C=O) groups excluding carboxylic acids is 3. The number of rotatable bonds is 7. The second-order valence-corrected chi connectivity index (χ2v) is 10.8. The fourth-order valence-corrected chi connectivity index (χ4v) is 4.03. The molecule has 0 spiro atoms. The van der Waals surface area contributed by atoms with Gasteiger partial charge in [-0.1, -0.05) is 35.5 Å². The molecule has 0 saturated carbocycles. The lowest BCUT2D eigenvalue weighted by Gasteiger charge is -2.24. The van der Waals surface area contributed by atoms with Gasteiger partial charge in [0.2, 0.25) is 5.91 Å². The van der Waals surface area contributed by atoms with Gasteiger partial charge >= 0.3 is 11.2 Å². The number of thioether (sulfide) groups is 1. The van der Waals surface area contributed by atoms with Gasteiger partial charge in [-0.05, 0) is 70.8 Å². The number of hydrogen-bond acceptors (Lipinski definition) is 7. The Bertz CT molecular complexity index is 1160. The Balaban J connectivity index is 1.84. The van der Waals surface area contributed by atoms with Gasteiger partial charge in [0.15, 0.2) is 0 Å². The van der Waals surface area contributed by atoms with Crippen molar-refractivity contribution in [3.8, 4) is 5.75 Å². The zero-order valence-corrected chi connectivity index (χ0v) is 22.0. The highest BCUT2D eigenvalue weighted by molar-refractivity contribution is 8.14. The molecule has 2 aromatic rings. The summed E-state index contributed by atoms with van der Waals surface area (Å²) in [6.07, 6.45) is 0. The molecule has 2 aromatic carbocycles. The summed E-state index contributed by atoms with van der Waals surface area (Å²) in [5, 5.41) is 9.04. The summed E-state index contributed by atoms with van der Waals surface area (Å²) in [5.41, 5.74) is 1.89. The molecule has 0 radical (unpaired) electrons. The summed E-state index contributed by atoms with van der Waals surface area (Å²) in [6, 6.07) is 12.2. The summed E-state index contributed by atoms with van der Waals surface area (Å²) in [5.74, 6) is 0.145. The van der Waals surface area contributed by atoms with Crippen molar-refractivity contribution < 1.29 is 19.1 Å². The second-order valence-electron chi connectivity index (χ2n) is 9.43. The number of nitrogens with one attached hydrogen (secondary N) is 1. The third-order valence-corrected chi connectivity index (χ3v) is 5.97. The van der Waals surface area contributed by atoms with Crippen LogP contribution in [0.5, 0.6) is 5.75 Å². The zero-order valence-electron chi connectivity index (χ0n) is 20.4. The quantitative estimate of drug-likeness (QED) is 0.417. The first-order valence-electron chi connectivity index (χ1n) is 11.0. The Morgan fingerprint density at radius 2 is 1.94 bits per heavy atom. The monoisotopic (exact) mass is 516 g/mol. The van der Waals surface area contributed by atoms with Crippen molar-refractivity contribution in [1.82, 2.24) is 9.91 Å². The molecule has 1 heterocycles. The standard InChI is InChI=1S/C25H29ClN4O4S/c1-25(2,3)23(32)34-21-10-9-17(26)12-19(21)20-15-35-24(33)30(28-20)13-16-7-6-8-18(11-16)27-22(31)14-29(4)5/h6-12H,13-15H2,1-5H3,(H,27,31). The highest BCUT2D eigenvalue weighted by atomic mass is 35.5. The maximum absolute atomic E-state index is 12.6. The Morgan fingerprint density at radius 3 is 2.63 bits per heavy atom. The van der Waals surface area contributed by atoms with E-state index < -0.39 is 5.41 Å². The van der Waals surface area contributed by atoms with Crippen molar-refractivity contribution >= 4 is 51.9 Å². The fourth-order valence-electron chi connectivity index (χ4n) is 3.13. The summed E-state index contributed by atoms with van der Waals surface area (Å²) in [7, 11) is 3.64.